The minimum absolute atomic E-state index is 0.0559. The second-order valence-corrected chi connectivity index (χ2v) is 6.09. The van der Waals surface area contributed by atoms with Gasteiger partial charge >= 0.3 is 0 Å². The zero-order valence-electron chi connectivity index (χ0n) is 13.7. The Kier molecular flexibility index (Phi) is 6.06. The lowest BCUT2D eigenvalue weighted by Gasteiger charge is -2.23. The molecule has 0 aliphatic rings. The lowest BCUT2D eigenvalue weighted by Crippen LogP contribution is -2.47. The van der Waals surface area contributed by atoms with Crippen LogP contribution in [0.5, 0.6) is 5.75 Å². The fourth-order valence-electron chi connectivity index (χ4n) is 1.68. The number of ether oxygens (including phenoxy) is 1. The Morgan fingerprint density at radius 3 is 2.30 bits per heavy atom. The molecule has 8 heteroatoms. The first-order valence-corrected chi connectivity index (χ1v) is 7.01. The second kappa shape index (κ2) is 7.57. The van der Waals surface area contributed by atoms with Gasteiger partial charge in [-0.25, -0.2) is 0 Å². The van der Waals surface area contributed by atoms with Crippen molar-refractivity contribution in [3.05, 3.63) is 34.4 Å². The average molecular weight is 323 g/mol. The molecule has 1 N–H and O–H groups in total. The van der Waals surface area contributed by atoms with E-state index < -0.39 is 4.92 Å². The number of nitrogens with one attached hydrogen (secondary N) is 1. The molecular weight excluding hydrogens is 302 g/mol. The second-order valence-electron chi connectivity index (χ2n) is 6.09. The van der Waals surface area contributed by atoms with Crippen LogP contribution in [0.4, 0.5) is 5.69 Å². The largest absolute Gasteiger partial charge is 0.484 e. The van der Waals surface area contributed by atoms with Crippen molar-refractivity contribution in [2.24, 2.45) is 0 Å². The Labute approximate surface area is 134 Å². The third-order valence-electron chi connectivity index (χ3n) is 2.73. The van der Waals surface area contributed by atoms with E-state index in [-0.39, 0.29) is 36.2 Å². The number of rotatable bonds is 6. The molecule has 0 fully saturated rings. The fraction of sp³-hybridized carbons (Fsp3) is 0.467. The number of amides is 2. The molecule has 0 aliphatic heterocycles. The Hall–Kier alpha value is -2.64. The molecule has 0 unspecified atom stereocenters. The third-order valence-corrected chi connectivity index (χ3v) is 2.73. The number of hydrogen-bond acceptors (Lipinski definition) is 5. The topological polar surface area (TPSA) is 102 Å². The van der Waals surface area contributed by atoms with E-state index in [0.29, 0.717) is 5.75 Å². The Morgan fingerprint density at radius 1 is 1.26 bits per heavy atom. The van der Waals surface area contributed by atoms with Crippen LogP contribution < -0.4 is 10.1 Å². The lowest BCUT2D eigenvalue weighted by molar-refractivity contribution is -0.384. The minimum Gasteiger partial charge on any atom is -0.484 e. The van der Waals surface area contributed by atoms with Crippen LogP contribution in [0.15, 0.2) is 24.3 Å². The van der Waals surface area contributed by atoms with E-state index in [1.165, 1.54) is 36.2 Å². The van der Waals surface area contributed by atoms with Gasteiger partial charge in [0.05, 0.1) is 11.5 Å². The molecule has 1 rings (SSSR count). The molecule has 8 nitrogen and oxygen atoms in total. The first-order valence-electron chi connectivity index (χ1n) is 7.01. The van der Waals surface area contributed by atoms with Crippen molar-refractivity contribution in [1.82, 2.24) is 10.2 Å². The predicted octanol–water partition coefficient (Wildman–Crippen LogP) is 1.35. The van der Waals surface area contributed by atoms with Gasteiger partial charge in [-0.3, -0.25) is 19.7 Å². The van der Waals surface area contributed by atoms with E-state index >= 15 is 0 Å². The third kappa shape index (κ3) is 6.77. The van der Waals surface area contributed by atoms with Crippen molar-refractivity contribution in [3.8, 4) is 5.75 Å². The zero-order valence-corrected chi connectivity index (χ0v) is 13.7. The quantitative estimate of drug-likeness (QED) is 0.629. The van der Waals surface area contributed by atoms with Crippen LogP contribution in [0.2, 0.25) is 0 Å². The van der Waals surface area contributed by atoms with Crippen LogP contribution in [-0.2, 0) is 9.59 Å². The summed E-state index contributed by atoms with van der Waals surface area (Å²) in [6.45, 7) is 5.23. The fourth-order valence-corrected chi connectivity index (χ4v) is 1.68. The van der Waals surface area contributed by atoms with Crippen LogP contribution in [0, 0.1) is 10.1 Å². The molecular formula is C15H21N3O5. The van der Waals surface area contributed by atoms with E-state index in [9.17, 15) is 19.7 Å². The minimum atomic E-state index is -0.517. The summed E-state index contributed by atoms with van der Waals surface area (Å²) in [7, 11) is 1.50. The highest BCUT2D eigenvalue weighted by Gasteiger charge is 2.18. The van der Waals surface area contributed by atoms with Crippen molar-refractivity contribution >= 4 is 17.5 Å². The van der Waals surface area contributed by atoms with Gasteiger partial charge in [-0.05, 0) is 32.9 Å². The normalized spacial score (nSPS) is 10.8. The van der Waals surface area contributed by atoms with Gasteiger partial charge in [0.15, 0.2) is 6.61 Å². The summed E-state index contributed by atoms with van der Waals surface area (Å²) in [6, 6.07) is 5.41. The molecule has 2 amide bonds. The molecule has 0 heterocycles. The summed E-state index contributed by atoms with van der Waals surface area (Å²) < 4.78 is 5.26. The number of carbonyl (C=O) groups is 2. The summed E-state index contributed by atoms with van der Waals surface area (Å²) in [5, 5.41) is 13.3. The molecule has 1 aromatic rings. The first-order chi connectivity index (χ1) is 10.6. The number of benzene rings is 1. The van der Waals surface area contributed by atoms with Crippen LogP contribution in [-0.4, -0.2) is 47.4 Å². The first kappa shape index (κ1) is 18.4. The Morgan fingerprint density at radius 2 is 1.83 bits per heavy atom. The maximum Gasteiger partial charge on any atom is 0.269 e. The Bertz CT molecular complexity index is 578. The number of carbonyl (C=O) groups excluding carboxylic acids is 2. The molecule has 0 aliphatic carbocycles. The average Bonchev–Trinajstić information content (AvgIpc) is 2.42. The number of nitro benzene ring substituents is 1. The molecule has 0 spiro atoms. The molecule has 0 atom stereocenters. The molecule has 0 saturated carbocycles. The number of hydrogen-bond donors (Lipinski definition) is 1. The summed E-state index contributed by atoms with van der Waals surface area (Å²) >= 11 is 0. The van der Waals surface area contributed by atoms with Crippen molar-refractivity contribution in [1.29, 1.82) is 0 Å². The summed E-state index contributed by atoms with van der Waals surface area (Å²) in [4.78, 5) is 34.9. The van der Waals surface area contributed by atoms with Crippen molar-refractivity contribution < 1.29 is 19.2 Å². The monoisotopic (exact) mass is 323 g/mol. The number of likely N-dealkylation sites (N-methyl/N-ethyl adjacent to an activating group) is 1. The molecule has 1 aromatic carbocycles. The van der Waals surface area contributed by atoms with Gasteiger partial charge in [0.2, 0.25) is 5.91 Å². The highest BCUT2D eigenvalue weighted by Crippen LogP contribution is 2.17. The molecule has 0 bridgehead atoms. The summed E-state index contributed by atoms with van der Waals surface area (Å²) in [5.74, 6) is -0.285. The molecule has 126 valence electrons. The molecule has 0 aromatic heterocycles. The van der Waals surface area contributed by atoms with Gasteiger partial charge in [0.25, 0.3) is 11.6 Å². The standard InChI is InChI=1S/C15H21N3O5/c1-15(2,3)16-13(19)9-17(4)14(20)10-23-12-7-5-11(6-8-12)18(21)22/h5-8H,9-10H2,1-4H3,(H,16,19). The molecule has 0 radical (unpaired) electrons. The highest BCUT2D eigenvalue weighted by atomic mass is 16.6. The highest BCUT2D eigenvalue weighted by molar-refractivity contribution is 5.85. The zero-order chi connectivity index (χ0) is 17.6. The van der Waals surface area contributed by atoms with Gasteiger partial charge in [-0.2, -0.15) is 0 Å². The number of nitro groups is 1. The lowest BCUT2D eigenvalue weighted by atomic mass is 10.1. The van der Waals surface area contributed by atoms with Crippen molar-refractivity contribution in [3.63, 3.8) is 0 Å². The van der Waals surface area contributed by atoms with Gasteiger partial charge < -0.3 is 15.0 Å². The molecule has 0 saturated heterocycles. The SMILES string of the molecule is CN(CC(=O)NC(C)(C)C)C(=O)COc1ccc([N+](=O)[O-])cc1. The van der Waals surface area contributed by atoms with Crippen molar-refractivity contribution in [2.75, 3.05) is 20.2 Å². The predicted molar refractivity (Wildman–Crippen MR) is 84.1 cm³/mol. The van der Waals surface area contributed by atoms with Crippen LogP contribution in [0.25, 0.3) is 0 Å². The maximum absolute atomic E-state index is 11.9. The summed E-state index contributed by atoms with van der Waals surface area (Å²) in [6.07, 6.45) is 0. The number of non-ortho nitro benzene ring substituents is 1. The molecule has 23 heavy (non-hydrogen) atoms. The Balaban J connectivity index is 2.46. The van der Waals surface area contributed by atoms with Crippen LogP contribution >= 0.6 is 0 Å². The van der Waals surface area contributed by atoms with E-state index in [0.717, 1.165) is 0 Å². The van der Waals surface area contributed by atoms with Gasteiger partial charge in [0, 0.05) is 24.7 Å². The number of nitrogens with zero attached hydrogens (tertiary/aromatic N) is 2. The summed E-state index contributed by atoms with van der Waals surface area (Å²) in [5.41, 5.74) is -0.421. The van der Waals surface area contributed by atoms with E-state index in [1.807, 2.05) is 20.8 Å². The van der Waals surface area contributed by atoms with Gasteiger partial charge in [-0.15, -0.1) is 0 Å². The van der Waals surface area contributed by atoms with Crippen molar-refractivity contribution in [2.45, 2.75) is 26.3 Å². The van der Waals surface area contributed by atoms with Gasteiger partial charge in [0.1, 0.15) is 5.75 Å². The van der Waals surface area contributed by atoms with E-state index in [1.54, 1.807) is 0 Å². The van der Waals surface area contributed by atoms with E-state index in [2.05, 4.69) is 5.32 Å². The van der Waals surface area contributed by atoms with Crippen LogP contribution in [0.3, 0.4) is 0 Å². The van der Waals surface area contributed by atoms with Crippen LogP contribution in [0.1, 0.15) is 20.8 Å². The van der Waals surface area contributed by atoms with E-state index in [4.69, 9.17) is 4.74 Å². The maximum atomic E-state index is 11.9. The van der Waals surface area contributed by atoms with Gasteiger partial charge in [-0.1, -0.05) is 0 Å². The smallest absolute Gasteiger partial charge is 0.269 e.